The molecule has 1 aliphatic carbocycles. The lowest BCUT2D eigenvalue weighted by Crippen LogP contribution is -2.41. The fourth-order valence-corrected chi connectivity index (χ4v) is 5.67. The van der Waals surface area contributed by atoms with Gasteiger partial charge >= 0.3 is 0 Å². The van der Waals surface area contributed by atoms with Crippen LogP contribution in [0, 0.1) is 11.7 Å². The van der Waals surface area contributed by atoms with E-state index < -0.39 is 10.0 Å². The Morgan fingerprint density at radius 2 is 1.79 bits per heavy atom. The normalized spacial score (nSPS) is 19.5. The van der Waals surface area contributed by atoms with Crippen LogP contribution in [-0.4, -0.2) is 25.4 Å². The number of carbonyl (C=O) groups excluding carboxylic acids is 1. The molecule has 4 rings (SSSR count). The first kappa shape index (κ1) is 24.0. The molecule has 0 saturated heterocycles. The molecule has 1 atom stereocenters. The molecule has 2 N–H and O–H groups in total. The summed E-state index contributed by atoms with van der Waals surface area (Å²) in [6, 6.07) is 14.1. The largest absolute Gasteiger partial charge is 0.349 e. The minimum absolute atomic E-state index is 0.0564. The summed E-state index contributed by atoms with van der Waals surface area (Å²) in [5.41, 5.74) is 2.27. The van der Waals surface area contributed by atoms with Gasteiger partial charge in [0.15, 0.2) is 0 Å². The fraction of sp³-hybridized carbons (Fsp3) is 0.308. The van der Waals surface area contributed by atoms with Crippen LogP contribution in [0.4, 0.5) is 4.39 Å². The first-order chi connectivity index (χ1) is 16.2. The highest BCUT2D eigenvalue weighted by atomic mass is 32.2. The molecule has 0 aliphatic heterocycles. The van der Waals surface area contributed by atoms with Gasteiger partial charge in [0.2, 0.25) is 15.9 Å². The van der Waals surface area contributed by atoms with Crippen molar-refractivity contribution in [1.29, 1.82) is 0 Å². The Hall–Kier alpha value is -3.10. The maximum Gasteiger partial charge on any atom is 0.240 e. The van der Waals surface area contributed by atoms with E-state index in [1.165, 1.54) is 12.1 Å². The fourth-order valence-electron chi connectivity index (χ4n) is 4.33. The lowest BCUT2D eigenvalue weighted by atomic mass is 9.85. The van der Waals surface area contributed by atoms with Gasteiger partial charge in [-0.3, -0.25) is 4.79 Å². The van der Waals surface area contributed by atoms with Crippen molar-refractivity contribution in [3.05, 3.63) is 78.3 Å². The van der Waals surface area contributed by atoms with Gasteiger partial charge in [0.1, 0.15) is 5.82 Å². The number of amides is 1. The Balaban J connectivity index is 1.34. The molecule has 1 fully saturated rings. The van der Waals surface area contributed by atoms with Gasteiger partial charge in [-0.1, -0.05) is 24.8 Å². The topological polar surface area (TPSA) is 88.2 Å². The molecule has 0 spiro atoms. The first-order valence-corrected chi connectivity index (χ1v) is 12.8. The summed E-state index contributed by atoms with van der Waals surface area (Å²) in [5.74, 6) is -0.543. The van der Waals surface area contributed by atoms with Gasteiger partial charge in [-0.2, -0.15) is 0 Å². The number of halogens is 1. The van der Waals surface area contributed by atoms with Crippen molar-refractivity contribution in [2.75, 3.05) is 0 Å². The number of hydrogen-bond acceptors (Lipinski definition) is 4. The van der Waals surface area contributed by atoms with Gasteiger partial charge in [-0.25, -0.2) is 22.5 Å². The summed E-state index contributed by atoms with van der Waals surface area (Å²) in [6.07, 6.45) is 4.01. The van der Waals surface area contributed by atoms with Crippen molar-refractivity contribution in [3.8, 4) is 0 Å². The van der Waals surface area contributed by atoms with E-state index >= 15 is 0 Å². The first-order valence-electron chi connectivity index (χ1n) is 11.4. The van der Waals surface area contributed by atoms with Crippen molar-refractivity contribution in [2.24, 2.45) is 5.92 Å². The number of aromatic nitrogens is 1. The monoisotopic (exact) mass is 481 g/mol. The zero-order valence-corrected chi connectivity index (χ0v) is 19.8. The van der Waals surface area contributed by atoms with Crippen LogP contribution >= 0.6 is 0 Å². The van der Waals surface area contributed by atoms with Crippen molar-refractivity contribution >= 4 is 32.9 Å². The van der Waals surface area contributed by atoms with Crippen molar-refractivity contribution in [3.63, 3.8) is 0 Å². The standard InChI is InChI=1S/C26H28FN3O3S/c1-3-22-11-8-20-16-24(14-15-25(20)29-22)34(32,33)30-23-12-6-19(7-13-23)26(31)28-17(2)18-4-9-21(27)10-5-18/h3-5,8-11,14-17,19,23,30H,1,6-7,12-13H2,2H3,(H,28,31)/t17-,19-,23-/m1/s1. The maximum absolute atomic E-state index is 13.1. The van der Waals surface area contributed by atoms with Gasteiger partial charge in [0.05, 0.1) is 22.1 Å². The molecule has 2 aromatic carbocycles. The zero-order valence-electron chi connectivity index (χ0n) is 19.0. The molecule has 1 aliphatic rings. The molecule has 1 amide bonds. The molecule has 0 bridgehead atoms. The summed E-state index contributed by atoms with van der Waals surface area (Å²) >= 11 is 0. The average Bonchev–Trinajstić information content (AvgIpc) is 2.83. The maximum atomic E-state index is 13.1. The lowest BCUT2D eigenvalue weighted by Gasteiger charge is -2.29. The van der Waals surface area contributed by atoms with E-state index in [2.05, 4.69) is 21.6 Å². The molecule has 1 aromatic heterocycles. The Morgan fingerprint density at radius 1 is 1.09 bits per heavy atom. The number of nitrogens with zero attached hydrogens (tertiary/aromatic N) is 1. The van der Waals surface area contributed by atoms with E-state index in [1.807, 2.05) is 13.0 Å². The molecule has 8 heteroatoms. The summed E-state index contributed by atoms with van der Waals surface area (Å²) < 4.78 is 41.8. The van der Waals surface area contributed by atoms with Crippen LogP contribution in [0.25, 0.3) is 17.0 Å². The van der Waals surface area contributed by atoms with E-state index in [0.717, 1.165) is 16.6 Å². The summed E-state index contributed by atoms with van der Waals surface area (Å²) in [5, 5.41) is 3.73. The average molecular weight is 482 g/mol. The third-order valence-electron chi connectivity index (χ3n) is 6.35. The highest BCUT2D eigenvalue weighted by Gasteiger charge is 2.30. The molecule has 178 valence electrons. The number of pyridine rings is 1. The molecular formula is C26H28FN3O3S. The molecule has 1 saturated carbocycles. The predicted octanol–water partition coefficient (Wildman–Crippen LogP) is 4.73. The SMILES string of the molecule is C=Cc1ccc2cc(S(=O)(=O)N[C@H]3CC[C@H](C(=O)N[C@H](C)c4ccc(F)cc4)CC3)ccc2n1. The number of rotatable bonds is 7. The highest BCUT2D eigenvalue weighted by molar-refractivity contribution is 7.89. The second-order valence-corrected chi connectivity index (χ2v) is 10.5. The molecule has 3 aromatic rings. The number of nitrogens with one attached hydrogen (secondary N) is 2. The molecule has 1 heterocycles. The number of carbonyl (C=O) groups is 1. The predicted molar refractivity (Wildman–Crippen MR) is 131 cm³/mol. The van der Waals surface area contributed by atoms with E-state index in [4.69, 9.17) is 0 Å². The Morgan fingerprint density at radius 3 is 2.47 bits per heavy atom. The number of sulfonamides is 1. The summed E-state index contributed by atoms with van der Waals surface area (Å²) in [6.45, 7) is 5.56. The quantitative estimate of drug-likeness (QED) is 0.511. The van der Waals surface area contributed by atoms with E-state index in [-0.39, 0.29) is 34.6 Å². The zero-order chi connectivity index (χ0) is 24.3. The van der Waals surface area contributed by atoms with Gasteiger partial charge in [-0.15, -0.1) is 0 Å². The van der Waals surface area contributed by atoms with Crippen molar-refractivity contribution < 1.29 is 17.6 Å². The summed E-state index contributed by atoms with van der Waals surface area (Å²) in [4.78, 5) is 17.3. The van der Waals surface area contributed by atoms with Crippen LogP contribution in [0.5, 0.6) is 0 Å². The number of benzene rings is 2. The minimum Gasteiger partial charge on any atom is -0.349 e. The molecule has 34 heavy (non-hydrogen) atoms. The number of fused-ring (bicyclic) bond motifs is 1. The molecule has 0 unspecified atom stereocenters. The Kier molecular flexibility index (Phi) is 7.09. The van der Waals surface area contributed by atoms with Crippen molar-refractivity contribution in [1.82, 2.24) is 15.0 Å². The van der Waals surface area contributed by atoms with E-state index in [9.17, 15) is 17.6 Å². The second kappa shape index (κ2) is 10.0. The number of hydrogen-bond donors (Lipinski definition) is 2. The van der Waals surface area contributed by atoms with E-state index in [0.29, 0.717) is 31.2 Å². The highest BCUT2D eigenvalue weighted by Crippen LogP contribution is 2.27. The molecular weight excluding hydrogens is 453 g/mol. The Bertz CT molecular complexity index is 1300. The Labute approximate surface area is 199 Å². The van der Waals surface area contributed by atoms with Crippen LogP contribution in [0.2, 0.25) is 0 Å². The summed E-state index contributed by atoms with van der Waals surface area (Å²) in [7, 11) is -3.69. The van der Waals surface area contributed by atoms with E-state index in [1.54, 1.807) is 42.5 Å². The van der Waals surface area contributed by atoms with Gasteiger partial charge in [0, 0.05) is 17.3 Å². The smallest absolute Gasteiger partial charge is 0.240 e. The lowest BCUT2D eigenvalue weighted by molar-refractivity contribution is -0.126. The van der Waals surface area contributed by atoms with Crippen LogP contribution < -0.4 is 10.0 Å². The minimum atomic E-state index is -3.69. The molecule has 0 radical (unpaired) electrons. The van der Waals surface area contributed by atoms with Crippen LogP contribution in [-0.2, 0) is 14.8 Å². The van der Waals surface area contributed by atoms with Crippen molar-refractivity contribution in [2.45, 2.75) is 49.6 Å². The van der Waals surface area contributed by atoms with Crippen LogP contribution in [0.3, 0.4) is 0 Å². The third kappa shape index (κ3) is 5.51. The van der Waals surface area contributed by atoms with Crippen LogP contribution in [0.1, 0.15) is 49.9 Å². The second-order valence-electron chi connectivity index (χ2n) is 8.75. The van der Waals surface area contributed by atoms with Gasteiger partial charge in [0.25, 0.3) is 0 Å². The van der Waals surface area contributed by atoms with Gasteiger partial charge in [-0.05, 0) is 80.6 Å². The molecule has 6 nitrogen and oxygen atoms in total. The van der Waals surface area contributed by atoms with Gasteiger partial charge < -0.3 is 5.32 Å². The third-order valence-corrected chi connectivity index (χ3v) is 7.87. The van der Waals surface area contributed by atoms with Crippen LogP contribution in [0.15, 0.2) is 66.1 Å².